The number of rotatable bonds is 2. The van der Waals surface area contributed by atoms with Gasteiger partial charge in [0.15, 0.2) is 0 Å². The summed E-state index contributed by atoms with van der Waals surface area (Å²) in [6.07, 6.45) is 1.58. The molecule has 1 aromatic rings. The first-order chi connectivity index (χ1) is 12.3. The average molecular weight is 355 g/mol. The zero-order chi connectivity index (χ0) is 18.9. The predicted molar refractivity (Wildman–Crippen MR) is 96.1 cm³/mol. The number of benzene rings is 1. The fraction of sp³-hybridized carbons (Fsp3) is 0.550. The maximum absolute atomic E-state index is 13.1. The third-order valence-corrected chi connectivity index (χ3v) is 4.91. The molecule has 0 spiro atoms. The number of hydrogen-bond donors (Lipinski definition) is 1. The Balaban J connectivity index is 1.83. The van der Waals surface area contributed by atoms with E-state index in [9.17, 15) is 14.9 Å². The topological polar surface area (TPSA) is 82.4 Å². The van der Waals surface area contributed by atoms with Crippen LogP contribution in [0.5, 0.6) is 0 Å². The number of carbonyl (C=O) groups is 2. The molecule has 2 amide bonds. The highest BCUT2D eigenvalue weighted by atomic mass is 16.6. The Labute approximate surface area is 154 Å². The van der Waals surface area contributed by atoms with Crippen molar-refractivity contribution < 1.29 is 14.3 Å². The van der Waals surface area contributed by atoms with Crippen molar-refractivity contribution >= 4 is 12.0 Å². The van der Waals surface area contributed by atoms with Crippen molar-refractivity contribution in [3.05, 3.63) is 35.4 Å². The zero-order valence-corrected chi connectivity index (χ0v) is 15.5. The van der Waals surface area contributed by atoms with Crippen molar-refractivity contribution in [1.82, 2.24) is 10.2 Å². The summed E-state index contributed by atoms with van der Waals surface area (Å²) < 4.78 is 5.38. The molecule has 1 aliphatic carbocycles. The monoisotopic (exact) mass is 355 g/mol. The van der Waals surface area contributed by atoms with Gasteiger partial charge in [0.25, 0.3) is 0 Å². The van der Waals surface area contributed by atoms with E-state index in [0.29, 0.717) is 19.4 Å². The molecule has 1 aliphatic heterocycles. The third-order valence-electron chi connectivity index (χ3n) is 4.91. The Kier molecular flexibility index (Phi) is 4.90. The number of amides is 2. The molecule has 6 heteroatoms. The van der Waals surface area contributed by atoms with Crippen molar-refractivity contribution in [2.24, 2.45) is 5.92 Å². The fourth-order valence-corrected chi connectivity index (χ4v) is 3.82. The van der Waals surface area contributed by atoms with E-state index in [-0.39, 0.29) is 11.9 Å². The van der Waals surface area contributed by atoms with Gasteiger partial charge in [0.05, 0.1) is 18.0 Å². The van der Waals surface area contributed by atoms with Gasteiger partial charge in [0.1, 0.15) is 11.6 Å². The van der Waals surface area contributed by atoms with Crippen LogP contribution in [0.2, 0.25) is 0 Å². The van der Waals surface area contributed by atoms with E-state index in [1.165, 1.54) is 0 Å². The van der Waals surface area contributed by atoms with E-state index in [1.54, 1.807) is 25.7 Å². The van der Waals surface area contributed by atoms with Gasteiger partial charge in [-0.2, -0.15) is 5.26 Å². The van der Waals surface area contributed by atoms with Crippen LogP contribution < -0.4 is 5.32 Å². The molecule has 3 rings (SSSR count). The van der Waals surface area contributed by atoms with Crippen LogP contribution in [0, 0.1) is 17.2 Å². The molecule has 1 N–H and O–H groups in total. The van der Waals surface area contributed by atoms with Crippen LogP contribution in [-0.2, 0) is 16.0 Å². The molecule has 1 saturated heterocycles. The van der Waals surface area contributed by atoms with Gasteiger partial charge in [-0.25, -0.2) is 4.79 Å². The lowest BCUT2D eigenvalue weighted by molar-refractivity contribution is -0.136. The first kappa shape index (κ1) is 18.2. The molecule has 3 atom stereocenters. The highest BCUT2D eigenvalue weighted by Crippen LogP contribution is 2.38. The first-order valence-corrected chi connectivity index (χ1v) is 9.07. The minimum absolute atomic E-state index is 0.0636. The number of fused-ring (bicyclic) bond motifs is 1. The van der Waals surface area contributed by atoms with Gasteiger partial charge in [-0.1, -0.05) is 24.3 Å². The first-order valence-electron chi connectivity index (χ1n) is 9.07. The van der Waals surface area contributed by atoms with Crippen LogP contribution >= 0.6 is 0 Å². The summed E-state index contributed by atoms with van der Waals surface area (Å²) in [5.41, 5.74) is 1.40. The van der Waals surface area contributed by atoms with E-state index in [1.807, 2.05) is 24.3 Å². The number of likely N-dealkylation sites (tertiary alicyclic amines) is 1. The molecule has 1 fully saturated rings. The normalized spacial score (nSPS) is 24.7. The summed E-state index contributed by atoms with van der Waals surface area (Å²) in [5.74, 6) is -0.472. The summed E-state index contributed by atoms with van der Waals surface area (Å²) in [5, 5.41) is 12.2. The van der Waals surface area contributed by atoms with E-state index in [4.69, 9.17) is 4.74 Å². The summed E-state index contributed by atoms with van der Waals surface area (Å²) in [4.78, 5) is 27.1. The van der Waals surface area contributed by atoms with Crippen LogP contribution in [-0.4, -0.2) is 35.1 Å². The minimum atomic E-state index is -0.609. The summed E-state index contributed by atoms with van der Waals surface area (Å²) in [6.45, 7) is 6.02. The maximum Gasteiger partial charge on any atom is 0.408 e. The lowest BCUT2D eigenvalue weighted by Gasteiger charge is -2.28. The van der Waals surface area contributed by atoms with Crippen molar-refractivity contribution in [3.8, 4) is 6.07 Å². The molecule has 1 heterocycles. The SMILES string of the molecule is CC(C)(C)OC(=O)NC1c2ccccc2CC1C(=O)N1CCC[C@H]1C#N. The Hall–Kier alpha value is -2.55. The second-order valence-corrected chi connectivity index (χ2v) is 7.95. The molecule has 0 saturated carbocycles. The number of nitriles is 1. The lowest BCUT2D eigenvalue weighted by Crippen LogP contribution is -2.44. The van der Waals surface area contributed by atoms with Crippen molar-refractivity contribution in [1.29, 1.82) is 5.26 Å². The van der Waals surface area contributed by atoms with Crippen LogP contribution in [0.3, 0.4) is 0 Å². The second-order valence-electron chi connectivity index (χ2n) is 7.95. The Morgan fingerprint density at radius 2 is 2.04 bits per heavy atom. The Bertz CT molecular complexity index is 747. The van der Waals surface area contributed by atoms with Crippen molar-refractivity contribution in [3.63, 3.8) is 0 Å². The van der Waals surface area contributed by atoms with Gasteiger partial charge in [0.2, 0.25) is 5.91 Å². The van der Waals surface area contributed by atoms with Gasteiger partial charge in [0, 0.05) is 6.54 Å². The highest BCUT2D eigenvalue weighted by Gasteiger charge is 2.43. The van der Waals surface area contributed by atoms with Crippen LogP contribution in [0.4, 0.5) is 4.79 Å². The highest BCUT2D eigenvalue weighted by molar-refractivity contribution is 5.83. The largest absolute Gasteiger partial charge is 0.444 e. The third kappa shape index (κ3) is 3.67. The van der Waals surface area contributed by atoms with Gasteiger partial charge in [-0.15, -0.1) is 0 Å². The average Bonchev–Trinajstić information content (AvgIpc) is 3.17. The van der Waals surface area contributed by atoms with E-state index < -0.39 is 23.7 Å². The molecule has 6 nitrogen and oxygen atoms in total. The smallest absolute Gasteiger partial charge is 0.408 e. The predicted octanol–water partition coefficient (Wildman–Crippen LogP) is 2.94. The van der Waals surface area contributed by atoms with Crippen LogP contribution in [0.1, 0.15) is 50.8 Å². The molecule has 26 heavy (non-hydrogen) atoms. The van der Waals surface area contributed by atoms with Gasteiger partial charge in [-0.3, -0.25) is 4.79 Å². The lowest BCUT2D eigenvalue weighted by atomic mass is 9.98. The number of hydrogen-bond acceptors (Lipinski definition) is 4. The second kappa shape index (κ2) is 6.99. The van der Waals surface area contributed by atoms with Gasteiger partial charge in [-0.05, 0) is 51.2 Å². The molecule has 138 valence electrons. The number of alkyl carbamates (subject to hydrolysis) is 1. The van der Waals surface area contributed by atoms with E-state index >= 15 is 0 Å². The molecule has 0 aromatic heterocycles. The van der Waals surface area contributed by atoms with E-state index in [0.717, 1.165) is 17.5 Å². The minimum Gasteiger partial charge on any atom is -0.444 e. The molecule has 0 radical (unpaired) electrons. The van der Waals surface area contributed by atoms with Crippen molar-refractivity contribution in [2.45, 2.75) is 57.7 Å². The Morgan fingerprint density at radius 3 is 2.73 bits per heavy atom. The number of ether oxygens (including phenoxy) is 1. The molecular formula is C20H25N3O3. The number of nitrogens with one attached hydrogen (secondary N) is 1. The molecule has 2 unspecified atom stereocenters. The standard InChI is InChI=1S/C20H25N3O3/c1-20(2,3)26-19(25)22-17-15-9-5-4-7-13(15)11-16(17)18(24)23-10-6-8-14(23)12-21/h4-5,7,9,14,16-17H,6,8,10-11H2,1-3H3,(H,22,25)/t14-,16?,17?/m0/s1. The summed E-state index contributed by atoms with van der Waals surface area (Å²) in [7, 11) is 0. The van der Waals surface area contributed by atoms with Gasteiger partial charge < -0.3 is 15.0 Å². The quantitative estimate of drug-likeness (QED) is 0.884. The molecule has 1 aromatic carbocycles. The number of nitrogens with zero attached hydrogens (tertiary/aromatic N) is 2. The summed E-state index contributed by atoms with van der Waals surface area (Å²) in [6, 6.07) is 9.18. The maximum atomic E-state index is 13.1. The fourth-order valence-electron chi connectivity index (χ4n) is 3.82. The molecular weight excluding hydrogens is 330 g/mol. The number of carbonyl (C=O) groups excluding carboxylic acids is 2. The molecule has 2 aliphatic rings. The zero-order valence-electron chi connectivity index (χ0n) is 15.5. The van der Waals surface area contributed by atoms with Crippen molar-refractivity contribution in [2.75, 3.05) is 6.54 Å². The molecule has 0 bridgehead atoms. The van der Waals surface area contributed by atoms with Crippen LogP contribution in [0.25, 0.3) is 0 Å². The van der Waals surface area contributed by atoms with Gasteiger partial charge >= 0.3 is 6.09 Å². The van der Waals surface area contributed by atoms with Crippen LogP contribution in [0.15, 0.2) is 24.3 Å². The summed E-state index contributed by atoms with van der Waals surface area (Å²) >= 11 is 0. The van der Waals surface area contributed by atoms with E-state index in [2.05, 4.69) is 11.4 Å². The Morgan fingerprint density at radius 1 is 1.31 bits per heavy atom.